The van der Waals surface area contributed by atoms with E-state index >= 15 is 0 Å². The van der Waals surface area contributed by atoms with Crippen LogP contribution in [0.2, 0.25) is 0 Å². The van der Waals surface area contributed by atoms with Gasteiger partial charge in [-0.15, -0.1) is 0 Å². The molecule has 5 nitrogen and oxygen atoms in total. The number of piperidine rings is 1. The molecule has 2 aromatic carbocycles. The van der Waals surface area contributed by atoms with E-state index in [1.54, 1.807) is 0 Å². The standard InChI is InChI=1S/C24H29N3O2/c25-20-11-12-21-18(15-20)8-4-10-22(21)26-24(29)19-9-5-13-27(16-19)23(28)14-17-6-2-1-3-7-17/h1-3,6-7,11-12,15,19,22H,4-5,8-10,13-14,16,25H2,(H,26,29). The molecule has 0 aromatic heterocycles. The molecule has 152 valence electrons. The van der Waals surface area contributed by atoms with Gasteiger partial charge in [0, 0.05) is 18.8 Å². The molecule has 1 aliphatic heterocycles. The molecular formula is C24H29N3O2. The van der Waals surface area contributed by atoms with E-state index in [-0.39, 0.29) is 23.8 Å². The molecule has 2 amide bonds. The summed E-state index contributed by atoms with van der Waals surface area (Å²) >= 11 is 0. The van der Waals surface area contributed by atoms with E-state index in [1.807, 2.05) is 53.4 Å². The van der Waals surface area contributed by atoms with Crippen LogP contribution in [0.5, 0.6) is 0 Å². The van der Waals surface area contributed by atoms with Crippen LogP contribution in [0, 0.1) is 5.92 Å². The first kappa shape index (κ1) is 19.5. The highest BCUT2D eigenvalue weighted by Crippen LogP contribution is 2.31. The highest BCUT2D eigenvalue weighted by atomic mass is 16.2. The molecule has 2 aromatic rings. The van der Waals surface area contributed by atoms with E-state index in [0.717, 1.165) is 49.9 Å². The predicted octanol–water partition coefficient (Wildman–Crippen LogP) is 3.24. The van der Waals surface area contributed by atoms with Crippen molar-refractivity contribution in [2.75, 3.05) is 18.8 Å². The van der Waals surface area contributed by atoms with Crippen molar-refractivity contribution in [1.29, 1.82) is 0 Å². The Hall–Kier alpha value is -2.82. The molecule has 2 aliphatic rings. The maximum absolute atomic E-state index is 13.0. The number of hydrogen-bond donors (Lipinski definition) is 2. The van der Waals surface area contributed by atoms with Crippen molar-refractivity contribution in [3.05, 3.63) is 65.2 Å². The minimum atomic E-state index is -0.136. The van der Waals surface area contributed by atoms with E-state index in [0.29, 0.717) is 13.0 Å². The number of likely N-dealkylation sites (tertiary alicyclic amines) is 1. The SMILES string of the molecule is Nc1ccc2c(c1)CCCC2NC(=O)C1CCCN(C(=O)Cc2ccccc2)C1. The summed E-state index contributed by atoms with van der Waals surface area (Å²) in [6.45, 7) is 1.25. The fourth-order valence-corrected chi connectivity index (χ4v) is 4.57. The van der Waals surface area contributed by atoms with Gasteiger partial charge in [0.25, 0.3) is 0 Å². The maximum Gasteiger partial charge on any atom is 0.227 e. The summed E-state index contributed by atoms with van der Waals surface area (Å²) in [4.78, 5) is 27.6. The van der Waals surface area contributed by atoms with E-state index < -0.39 is 0 Å². The number of nitrogens with two attached hydrogens (primary N) is 1. The van der Waals surface area contributed by atoms with Gasteiger partial charge < -0.3 is 16.0 Å². The molecular weight excluding hydrogens is 362 g/mol. The van der Waals surface area contributed by atoms with Crippen LogP contribution in [-0.2, 0) is 22.4 Å². The number of hydrogen-bond acceptors (Lipinski definition) is 3. The lowest BCUT2D eigenvalue weighted by Gasteiger charge is -2.34. The Morgan fingerprint density at radius 2 is 1.90 bits per heavy atom. The number of rotatable bonds is 4. The van der Waals surface area contributed by atoms with E-state index in [4.69, 9.17) is 5.73 Å². The van der Waals surface area contributed by atoms with Crippen molar-refractivity contribution in [1.82, 2.24) is 10.2 Å². The van der Waals surface area contributed by atoms with Crippen molar-refractivity contribution in [3.63, 3.8) is 0 Å². The molecule has 0 bridgehead atoms. The smallest absolute Gasteiger partial charge is 0.227 e. The number of benzene rings is 2. The summed E-state index contributed by atoms with van der Waals surface area (Å²) in [7, 11) is 0. The van der Waals surface area contributed by atoms with Crippen LogP contribution in [0.1, 0.15) is 48.4 Å². The van der Waals surface area contributed by atoms with E-state index in [9.17, 15) is 9.59 Å². The van der Waals surface area contributed by atoms with Crippen molar-refractivity contribution < 1.29 is 9.59 Å². The zero-order chi connectivity index (χ0) is 20.2. The van der Waals surface area contributed by atoms with Crippen LogP contribution >= 0.6 is 0 Å². The number of nitrogens with zero attached hydrogens (tertiary/aromatic N) is 1. The lowest BCUT2D eigenvalue weighted by atomic mass is 9.86. The number of carbonyl (C=O) groups excluding carboxylic acids is 2. The van der Waals surface area contributed by atoms with E-state index in [1.165, 1.54) is 11.1 Å². The monoisotopic (exact) mass is 391 g/mol. The fraction of sp³-hybridized carbons (Fsp3) is 0.417. The molecule has 1 aliphatic carbocycles. The highest BCUT2D eigenvalue weighted by molar-refractivity contribution is 5.82. The zero-order valence-corrected chi connectivity index (χ0v) is 16.8. The second kappa shape index (κ2) is 8.68. The summed E-state index contributed by atoms with van der Waals surface area (Å²) in [5.74, 6) is 0.0340. The molecule has 0 spiro atoms. The molecule has 1 heterocycles. The quantitative estimate of drug-likeness (QED) is 0.786. The highest BCUT2D eigenvalue weighted by Gasteiger charge is 2.30. The van der Waals surface area contributed by atoms with Crippen LogP contribution in [-0.4, -0.2) is 29.8 Å². The van der Waals surface area contributed by atoms with Gasteiger partial charge in [-0.3, -0.25) is 9.59 Å². The number of aryl methyl sites for hydroxylation is 1. The summed E-state index contributed by atoms with van der Waals surface area (Å²) in [5.41, 5.74) is 10.1. The van der Waals surface area contributed by atoms with Gasteiger partial charge in [-0.05, 0) is 60.9 Å². The first-order chi connectivity index (χ1) is 14.1. The molecule has 2 unspecified atom stereocenters. The second-order valence-electron chi connectivity index (χ2n) is 8.25. The first-order valence-electron chi connectivity index (χ1n) is 10.6. The van der Waals surface area contributed by atoms with Crippen LogP contribution in [0.4, 0.5) is 5.69 Å². The average Bonchev–Trinajstić information content (AvgIpc) is 2.74. The Balaban J connectivity index is 1.38. The summed E-state index contributed by atoms with van der Waals surface area (Å²) in [6, 6.07) is 15.8. The van der Waals surface area contributed by atoms with Crippen molar-refractivity contribution in [2.24, 2.45) is 5.92 Å². The summed E-state index contributed by atoms with van der Waals surface area (Å²) in [5, 5.41) is 3.26. The number of nitrogens with one attached hydrogen (secondary N) is 1. The van der Waals surface area contributed by atoms with Gasteiger partial charge in [0.1, 0.15) is 0 Å². The Kier molecular flexibility index (Phi) is 5.84. The molecule has 1 saturated heterocycles. The third-order valence-corrected chi connectivity index (χ3v) is 6.14. The summed E-state index contributed by atoms with van der Waals surface area (Å²) in [6.07, 6.45) is 5.11. The number of anilines is 1. The fourth-order valence-electron chi connectivity index (χ4n) is 4.57. The number of nitrogen functional groups attached to an aromatic ring is 1. The van der Waals surface area contributed by atoms with Crippen LogP contribution in [0.3, 0.4) is 0 Å². The van der Waals surface area contributed by atoms with Gasteiger partial charge in [-0.1, -0.05) is 36.4 Å². The lowest BCUT2D eigenvalue weighted by molar-refractivity contribution is -0.135. The first-order valence-corrected chi connectivity index (χ1v) is 10.6. The van der Waals surface area contributed by atoms with Gasteiger partial charge >= 0.3 is 0 Å². The maximum atomic E-state index is 13.0. The zero-order valence-electron chi connectivity index (χ0n) is 16.8. The minimum Gasteiger partial charge on any atom is -0.399 e. The Morgan fingerprint density at radius 3 is 2.72 bits per heavy atom. The molecule has 0 saturated carbocycles. The van der Waals surface area contributed by atoms with Gasteiger partial charge in [0.05, 0.1) is 18.4 Å². The van der Waals surface area contributed by atoms with Gasteiger partial charge in [0.15, 0.2) is 0 Å². The molecule has 4 rings (SSSR count). The lowest BCUT2D eigenvalue weighted by Crippen LogP contribution is -2.46. The minimum absolute atomic E-state index is 0.0437. The van der Waals surface area contributed by atoms with Crippen LogP contribution < -0.4 is 11.1 Å². The van der Waals surface area contributed by atoms with E-state index in [2.05, 4.69) is 5.32 Å². The number of fused-ring (bicyclic) bond motifs is 1. The molecule has 2 atom stereocenters. The molecule has 1 fully saturated rings. The topological polar surface area (TPSA) is 75.4 Å². The van der Waals surface area contributed by atoms with Gasteiger partial charge in [-0.25, -0.2) is 0 Å². The average molecular weight is 392 g/mol. The Bertz CT molecular complexity index is 881. The van der Waals surface area contributed by atoms with Crippen molar-refractivity contribution >= 4 is 17.5 Å². The Morgan fingerprint density at radius 1 is 1.07 bits per heavy atom. The van der Waals surface area contributed by atoms with Crippen LogP contribution in [0.15, 0.2) is 48.5 Å². The van der Waals surface area contributed by atoms with Crippen molar-refractivity contribution in [2.45, 2.75) is 44.6 Å². The normalized spacial score (nSPS) is 21.3. The van der Waals surface area contributed by atoms with Gasteiger partial charge in [-0.2, -0.15) is 0 Å². The molecule has 29 heavy (non-hydrogen) atoms. The molecule has 5 heteroatoms. The third-order valence-electron chi connectivity index (χ3n) is 6.14. The molecule has 0 radical (unpaired) electrons. The largest absolute Gasteiger partial charge is 0.399 e. The third kappa shape index (κ3) is 4.61. The number of carbonyl (C=O) groups is 2. The van der Waals surface area contributed by atoms with Gasteiger partial charge in [0.2, 0.25) is 11.8 Å². The Labute approximate surface area is 172 Å². The number of amides is 2. The van der Waals surface area contributed by atoms with Crippen molar-refractivity contribution in [3.8, 4) is 0 Å². The predicted molar refractivity (Wildman–Crippen MR) is 114 cm³/mol. The second-order valence-corrected chi connectivity index (χ2v) is 8.25. The summed E-state index contributed by atoms with van der Waals surface area (Å²) < 4.78 is 0. The molecule has 3 N–H and O–H groups in total. The van der Waals surface area contributed by atoms with Crippen LogP contribution in [0.25, 0.3) is 0 Å².